The van der Waals surface area contributed by atoms with E-state index in [1.165, 1.54) is 22.3 Å². The molecule has 0 radical (unpaired) electrons. The summed E-state index contributed by atoms with van der Waals surface area (Å²) in [6.45, 7) is 0.745. The predicted molar refractivity (Wildman–Crippen MR) is 175 cm³/mol. The van der Waals surface area contributed by atoms with Crippen molar-refractivity contribution in [3.63, 3.8) is 0 Å². The first-order chi connectivity index (χ1) is 21.3. The summed E-state index contributed by atoms with van der Waals surface area (Å²) >= 11 is 1.89. The van der Waals surface area contributed by atoms with Gasteiger partial charge in [0.15, 0.2) is 5.78 Å². The first-order valence-electron chi connectivity index (χ1n) is 15.1. The van der Waals surface area contributed by atoms with Crippen molar-refractivity contribution in [1.82, 2.24) is 31.9 Å². The minimum Gasteiger partial charge on any atom is -0.449 e. The molecule has 0 saturated carbocycles. The van der Waals surface area contributed by atoms with Gasteiger partial charge in [-0.1, -0.05) is 55.0 Å². The number of rotatable bonds is 11. The van der Waals surface area contributed by atoms with E-state index in [1.807, 2.05) is 50.1 Å². The van der Waals surface area contributed by atoms with Gasteiger partial charge >= 0.3 is 12.1 Å². The third-order valence-electron chi connectivity index (χ3n) is 7.49. The Morgan fingerprint density at radius 2 is 1.55 bits per heavy atom. The Hall–Kier alpha value is -3.61. The molecule has 12 heteroatoms. The molecule has 0 spiro atoms. The number of hydrogen-bond donors (Lipinski definition) is 6. The smallest absolute Gasteiger partial charge is 0.406 e. The standard InChI is InChI=1S/C16H15NO2.C14H24N4O3S.C2H7N/c1-17-16(18)19-10-15-13-8-4-2-6-11(13)12-7-3-5-9-14(12)15;1-15-6-9(19)7-16-12(20)5-3-2-4-11-13-10(8-22-11)17-14(21)18-13;1-3-2/h2-9,15H,10H2,1H3,(H,17,18);10-11,13,15H,2-8H2,1H3,(H,16,20)(H2,17,18,21);3H,1-2H3. The number of Topliss-reactive ketones (excluding diaryl/α,β-unsaturated/α-hetero) is 1. The van der Waals surface area contributed by atoms with Gasteiger partial charge < -0.3 is 36.6 Å². The van der Waals surface area contributed by atoms with Crippen LogP contribution in [0.15, 0.2) is 48.5 Å². The zero-order chi connectivity index (χ0) is 31.9. The Balaban J connectivity index is 0.000000222. The molecule has 6 N–H and O–H groups in total. The van der Waals surface area contributed by atoms with E-state index in [2.05, 4.69) is 56.2 Å². The Bertz CT molecular complexity index is 1220. The van der Waals surface area contributed by atoms with Crippen molar-refractivity contribution < 1.29 is 23.9 Å². The van der Waals surface area contributed by atoms with E-state index >= 15 is 0 Å². The van der Waals surface area contributed by atoms with Crippen LogP contribution in [0.1, 0.15) is 42.7 Å². The van der Waals surface area contributed by atoms with Crippen molar-refractivity contribution in [3.05, 3.63) is 59.7 Å². The van der Waals surface area contributed by atoms with Crippen LogP contribution in [0.4, 0.5) is 9.59 Å². The molecule has 3 atom stereocenters. The molecule has 2 heterocycles. The molecule has 11 nitrogen and oxygen atoms in total. The molecule has 1 aliphatic carbocycles. The molecular formula is C32H46N6O5S. The number of thioether (sulfide) groups is 1. The quantitative estimate of drug-likeness (QED) is 0.165. The van der Waals surface area contributed by atoms with Gasteiger partial charge in [0, 0.05) is 30.4 Å². The normalized spacial score (nSPS) is 19.0. The minimum absolute atomic E-state index is 0.0197. The third kappa shape index (κ3) is 9.96. The topological polar surface area (TPSA) is 150 Å². The number of benzene rings is 2. The van der Waals surface area contributed by atoms with Gasteiger partial charge in [-0.3, -0.25) is 9.59 Å². The number of urea groups is 1. The molecule has 2 saturated heterocycles. The second-order valence-corrected chi connectivity index (χ2v) is 12.1. The van der Waals surface area contributed by atoms with Crippen LogP contribution in [0.3, 0.4) is 0 Å². The summed E-state index contributed by atoms with van der Waals surface area (Å²) in [6.07, 6.45) is 2.82. The molecule has 3 aliphatic rings. The van der Waals surface area contributed by atoms with E-state index in [0.717, 1.165) is 25.0 Å². The van der Waals surface area contributed by atoms with Crippen LogP contribution in [0.2, 0.25) is 0 Å². The maximum atomic E-state index is 11.6. The molecule has 4 amide bonds. The Morgan fingerprint density at radius 3 is 2.16 bits per heavy atom. The summed E-state index contributed by atoms with van der Waals surface area (Å²) in [5.74, 6) is 0.998. The van der Waals surface area contributed by atoms with Crippen LogP contribution >= 0.6 is 11.8 Å². The molecule has 0 aromatic heterocycles. The fourth-order valence-corrected chi connectivity index (χ4v) is 7.03. The van der Waals surface area contributed by atoms with Gasteiger partial charge in [-0.15, -0.1) is 0 Å². The molecule has 2 aromatic rings. The molecule has 2 aliphatic heterocycles. The SMILES string of the molecule is CNC.CNC(=O)OCC1c2ccccc2-c2ccccc21.CNCC(=O)CNC(=O)CCCCC1SCC2NC(=O)NC21. The maximum absolute atomic E-state index is 11.6. The largest absolute Gasteiger partial charge is 0.449 e. The van der Waals surface area contributed by atoms with Crippen LogP contribution in [0.5, 0.6) is 0 Å². The lowest BCUT2D eigenvalue weighted by Crippen LogP contribution is -2.36. The summed E-state index contributed by atoms with van der Waals surface area (Å²) in [6, 6.07) is 17.0. The number of nitrogens with one attached hydrogen (secondary N) is 6. The minimum atomic E-state index is -0.387. The van der Waals surface area contributed by atoms with Gasteiger partial charge in [0.05, 0.1) is 25.2 Å². The highest BCUT2D eigenvalue weighted by atomic mass is 32.2. The summed E-state index contributed by atoms with van der Waals surface area (Å²) in [7, 11) is 7.02. The first kappa shape index (κ1) is 34.9. The Labute approximate surface area is 264 Å². The molecule has 240 valence electrons. The average molecular weight is 627 g/mol. The number of carbonyl (C=O) groups is 4. The number of unbranched alkanes of at least 4 members (excludes halogenated alkanes) is 1. The number of ketones is 1. The second kappa shape index (κ2) is 18.3. The number of likely N-dealkylation sites (N-methyl/N-ethyl adjacent to an activating group) is 1. The maximum Gasteiger partial charge on any atom is 0.406 e. The van der Waals surface area contributed by atoms with Crippen molar-refractivity contribution >= 4 is 35.6 Å². The number of alkyl carbamates (subject to hydrolysis) is 1. The molecule has 2 fully saturated rings. The fourth-order valence-electron chi connectivity index (χ4n) is 5.49. The van der Waals surface area contributed by atoms with Crippen molar-refractivity contribution in [3.8, 4) is 11.1 Å². The van der Waals surface area contributed by atoms with Crippen LogP contribution in [0.25, 0.3) is 11.1 Å². The lowest BCUT2D eigenvalue weighted by atomic mass is 9.98. The lowest BCUT2D eigenvalue weighted by Gasteiger charge is -2.16. The van der Waals surface area contributed by atoms with Gasteiger partial charge in [0.25, 0.3) is 0 Å². The van der Waals surface area contributed by atoms with Crippen molar-refractivity contribution in [2.24, 2.45) is 0 Å². The van der Waals surface area contributed by atoms with Gasteiger partial charge in [-0.2, -0.15) is 11.8 Å². The van der Waals surface area contributed by atoms with E-state index in [4.69, 9.17) is 4.74 Å². The van der Waals surface area contributed by atoms with Crippen LogP contribution < -0.4 is 31.9 Å². The van der Waals surface area contributed by atoms with Gasteiger partial charge in [0.1, 0.15) is 6.61 Å². The number of ether oxygens (including phenoxy) is 1. The third-order valence-corrected chi connectivity index (χ3v) is 8.99. The molecule has 5 rings (SSSR count). The predicted octanol–water partition coefficient (Wildman–Crippen LogP) is 2.61. The van der Waals surface area contributed by atoms with Crippen LogP contribution in [-0.4, -0.2) is 94.8 Å². The van der Waals surface area contributed by atoms with Crippen LogP contribution in [-0.2, 0) is 14.3 Å². The van der Waals surface area contributed by atoms with E-state index in [1.54, 1.807) is 14.1 Å². The zero-order valence-electron chi connectivity index (χ0n) is 26.0. The Kier molecular flexibility index (Phi) is 14.5. The molecule has 2 aromatic carbocycles. The van der Waals surface area contributed by atoms with Crippen molar-refractivity contribution in [2.45, 2.75) is 48.9 Å². The molecule has 0 bridgehead atoms. The number of fused-ring (bicyclic) bond motifs is 4. The lowest BCUT2D eigenvalue weighted by molar-refractivity contribution is -0.124. The van der Waals surface area contributed by atoms with Gasteiger partial charge in [-0.05, 0) is 56.2 Å². The number of amides is 4. The van der Waals surface area contributed by atoms with E-state index < -0.39 is 0 Å². The molecule has 3 unspecified atom stereocenters. The first-order valence-corrected chi connectivity index (χ1v) is 16.1. The fraction of sp³-hybridized carbons (Fsp3) is 0.500. The van der Waals surface area contributed by atoms with Gasteiger partial charge in [0.2, 0.25) is 5.91 Å². The number of hydrogen-bond acceptors (Lipinski definition) is 8. The average Bonchev–Trinajstić information content (AvgIpc) is 3.68. The van der Waals surface area contributed by atoms with Crippen molar-refractivity contribution in [2.75, 3.05) is 53.6 Å². The monoisotopic (exact) mass is 626 g/mol. The highest BCUT2D eigenvalue weighted by Crippen LogP contribution is 2.44. The zero-order valence-corrected chi connectivity index (χ0v) is 26.9. The van der Waals surface area contributed by atoms with E-state index in [-0.39, 0.29) is 54.9 Å². The van der Waals surface area contributed by atoms with Gasteiger partial charge in [-0.25, -0.2) is 9.59 Å². The number of carbonyl (C=O) groups excluding carboxylic acids is 4. The van der Waals surface area contributed by atoms with E-state index in [9.17, 15) is 19.2 Å². The summed E-state index contributed by atoms with van der Waals surface area (Å²) in [5.41, 5.74) is 4.94. The summed E-state index contributed by atoms with van der Waals surface area (Å²) < 4.78 is 5.24. The Morgan fingerprint density at radius 1 is 0.909 bits per heavy atom. The summed E-state index contributed by atoms with van der Waals surface area (Å²) in [4.78, 5) is 45.4. The van der Waals surface area contributed by atoms with Crippen LogP contribution in [0, 0.1) is 0 Å². The molecule has 44 heavy (non-hydrogen) atoms. The highest BCUT2D eigenvalue weighted by molar-refractivity contribution is 8.00. The van der Waals surface area contributed by atoms with E-state index in [0.29, 0.717) is 18.3 Å². The summed E-state index contributed by atoms with van der Waals surface area (Å²) in [5, 5.41) is 16.9. The molecular weight excluding hydrogens is 580 g/mol. The highest BCUT2D eigenvalue weighted by Gasteiger charge is 2.42. The second-order valence-electron chi connectivity index (χ2n) is 10.8. The van der Waals surface area contributed by atoms with Crippen molar-refractivity contribution in [1.29, 1.82) is 0 Å².